The molecular weight excluding hydrogens is 1690 g/mol. The van der Waals surface area contributed by atoms with Gasteiger partial charge in [0.1, 0.15) is 0 Å². The van der Waals surface area contributed by atoms with Gasteiger partial charge in [0.25, 0.3) is 0 Å². The minimum absolute atomic E-state index is 0.983. The summed E-state index contributed by atoms with van der Waals surface area (Å²) in [6.45, 7) is 0. The van der Waals surface area contributed by atoms with Crippen molar-refractivity contribution in [3.8, 4) is 112 Å². The average molecular weight is 1770 g/mol. The highest BCUT2D eigenvalue weighted by atomic mass is 32.1. The average Bonchev–Trinajstić information content (AvgIpc) is 1.74. The van der Waals surface area contributed by atoms with E-state index in [4.69, 9.17) is 15.0 Å². The van der Waals surface area contributed by atoms with Gasteiger partial charge in [0.2, 0.25) is 0 Å². The van der Waals surface area contributed by atoms with Gasteiger partial charge in [0.05, 0.1) is 17.1 Å². The normalized spacial score (nSPS) is 11.7. The Hall–Kier alpha value is -16.7. The zero-order valence-electron chi connectivity index (χ0n) is 73.2. The fraction of sp³-hybridized carbons (Fsp3) is 0. The Kier molecular flexibility index (Phi) is 19.5. The van der Waals surface area contributed by atoms with E-state index >= 15 is 0 Å². The molecule has 0 saturated heterocycles. The van der Waals surface area contributed by atoms with Crippen LogP contribution in [0.3, 0.4) is 0 Å². The fourth-order valence-corrected chi connectivity index (χ4v) is 24.8. The molecule has 3 nitrogen and oxygen atoms in total. The molecule has 0 fully saturated rings. The molecule has 22 aromatic carbocycles. The molecule has 0 aliphatic carbocycles. The van der Waals surface area contributed by atoms with Crippen LogP contribution < -0.4 is 0 Å². The molecule has 6 heteroatoms. The van der Waals surface area contributed by atoms with Gasteiger partial charge in [0.15, 0.2) is 0 Å². The number of benzene rings is 22. The summed E-state index contributed by atoms with van der Waals surface area (Å²) < 4.78 is 8.02. The molecule has 0 atom stereocenters. The molecule has 6 aromatic heterocycles. The molecule has 0 radical (unpaired) electrons. The lowest BCUT2D eigenvalue weighted by atomic mass is 9.87. The standard InChI is InChI=1S/C47H29NS.2C41H25NS/c1-2-11-33(12-3-1)45-37-14-6-8-16-39(37)46(40-17-9-7-15-38(40)45)43-26-23-35(29-48-43)31-20-18-30(19-21-31)34-24-27-44-42(28-34)41-25-22-32-10-4-5-13-36(32)47(41)49-44;1-2-12-27(13-3-1)38-31-15-6-8-17-33(31)39(34-18-9-7-16-32(34)38)36-24-22-28(25-42-36)29-19-10-20-37-40(29)35-23-21-26-11-4-5-14-30(26)41(35)43-37;1-2-11-27(12-3-1)39-31-14-6-8-16-33(31)40(34-17-9-7-15-32(34)39)37-22-19-29(25-42-37)28-20-23-38-36(24-28)35-21-18-26-10-4-5-13-30(26)41(35)43-38/h1-29H;2*1-25H. The Labute approximate surface area is 791 Å². The summed E-state index contributed by atoms with van der Waals surface area (Å²) in [7, 11) is 0. The lowest BCUT2D eigenvalue weighted by Crippen LogP contribution is -1.92. The first-order valence-electron chi connectivity index (χ1n) is 46.0. The van der Waals surface area contributed by atoms with Crippen LogP contribution in [-0.4, -0.2) is 15.0 Å². The second-order valence-corrected chi connectivity index (χ2v) is 38.0. The molecule has 0 spiro atoms. The zero-order valence-corrected chi connectivity index (χ0v) is 75.6. The quantitative estimate of drug-likeness (QED) is 0.128. The Balaban J connectivity index is 0.000000106. The third-order valence-corrected chi connectivity index (χ3v) is 31.0. The van der Waals surface area contributed by atoms with Crippen molar-refractivity contribution in [3.63, 3.8) is 0 Å². The van der Waals surface area contributed by atoms with E-state index in [1.54, 1.807) is 0 Å². The number of hydrogen-bond acceptors (Lipinski definition) is 6. The third-order valence-electron chi connectivity index (χ3n) is 27.3. The summed E-state index contributed by atoms with van der Waals surface area (Å²) in [6.07, 6.45) is 6.12. The molecule has 0 amide bonds. The SMILES string of the molecule is c1ccc(-c2c3ccccc3c(-c3ccc(-c4ccc(-c5ccc6sc7c8ccccc8ccc7c6c5)cc4)cn3)c3ccccc23)cc1.c1ccc(-c2c3ccccc3c(-c3ccc(-c4ccc5sc6c7ccccc7ccc6c5c4)cn3)c3ccccc23)cc1.c1ccc(-c2c3ccccc3c(-c3ccc(-c4cccc5sc6c7ccccc7ccc6c45)cn3)c3ccccc23)cc1. The minimum atomic E-state index is 0.983. The summed E-state index contributed by atoms with van der Waals surface area (Å²) in [5, 5.41) is 30.5. The maximum absolute atomic E-state index is 5.15. The van der Waals surface area contributed by atoms with Gasteiger partial charge >= 0.3 is 0 Å². The van der Waals surface area contributed by atoms with Crippen molar-refractivity contribution in [2.24, 2.45) is 0 Å². The van der Waals surface area contributed by atoms with Gasteiger partial charge in [-0.25, -0.2) is 0 Å². The number of aromatic nitrogens is 3. The predicted octanol–water partition coefficient (Wildman–Crippen LogP) is 37.4. The van der Waals surface area contributed by atoms with Crippen LogP contribution in [0, 0.1) is 0 Å². The molecule has 135 heavy (non-hydrogen) atoms. The molecule has 28 aromatic rings. The van der Waals surface area contributed by atoms with E-state index < -0.39 is 0 Å². The fourth-order valence-electron chi connectivity index (χ4n) is 21.1. The number of pyridine rings is 3. The number of rotatable bonds is 10. The molecule has 0 saturated carbocycles. The Morgan fingerprint density at radius 3 is 0.756 bits per heavy atom. The van der Waals surface area contributed by atoms with Crippen molar-refractivity contribution in [2.45, 2.75) is 0 Å². The summed E-state index contributed by atoms with van der Waals surface area (Å²) >= 11 is 5.65. The van der Waals surface area contributed by atoms with Gasteiger partial charge in [0, 0.05) is 112 Å². The van der Waals surface area contributed by atoms with Crippen LogP contribution in [-0.2, 0) is 0 Å². The molecule has 628 valence electrons. The monoisotopic (exact) mass is 1770 g/mol. The highest BCUT2D eigenvalue weighted by Crippen LogP contribution is 2.51. The Morgan fingerprint density at radius 1 is 0.141 bits per heavy atom. The van der Waals surface area contributed by atoms with Crippen LogP contribution in [0.25, 0.3) is 269 Å². The minimum Gasteiger partial charge on any atom is -0.256 e. The lowest BCUT2D eigenvalue weighted by Gasteiger charge is -2.17. The summed E-state index contributed by atoms with van der Waals surface area (Å²) in [6, 6.07) is 167. The van der Waals surface area contributed by atoms with Gasteiger partial charge in [-0.1, -0.05) is 413 Å². The number of fused-ring (bicyclic) bond motifs is 21. The van der Waals surface area contributed by atoms with Crippen molar-refractivity contribution in [2.75, 3.05) is 0 Å². The third kappa shape index (κ3) is 13.7. The van der Waals surface area contributed by atoms with Crippen molar-refractivity contribution in [3.05, 3.63) is 480 Å². The van der Waals surface area contributed by atoms with Crippen LogP contribution in [0.2, 0.25) is 0 Å². The molecule has 6 heterocycles. The Morgan fingerprint density at radius 2 is 0.407 bits per heavy atom. The van der Waals surface area contributed by atoms with Crippen LogP contribution >= 0.6 is 34.0 Å². The highest BCUT2D eigenvalue weighted by molar-refractivity contribution is 7.27. The first-order valence-corrected chi connectivity index (χ1v) is 48.4. The van der Waals surface area contributed by atoms with Crippen LogP contribution in [0.15, 0.2) is 480 Å². The van der Waals surface area contributed by atoms with E-state index in [2.05, 4.69) is 467 Å². The molecule has 0 aliphatic rings. The Bertz CT molecular complexity index is 9410. The molecule has 0 N–H and O–H groups in total. The van der Waals surface area contributed by atoms with Crippen molar-refractivity contribution in [1.29, 1.82) is 0 Å². The summed E-state index contributed by atoms with van der Waals surface area (Å²) in [5.41, 5.74) is 23.4. The van der Waals surface area contributed by atoms with Gasteiger partial charge in [-0.3, -0.25) is 15.0 Å². The highest BCUT2D eigenvalue weighted by Gasteiger charge is 2.24. The molecule has 0 bridgehead atoms. The van der Waals surface area contributed by atoms with Gasteiger partial charge in [-0.2, -0.15) is 0 Å². The van der Waals surface area contributed by atoms with E-state index in [0.29, 0.717) is 0 Å². The molecule has 0 aliphatic heterocycles. The van der Waals surface area contributed by atoms with Gasteiger partial charge in [-0.15, -0.1) is 34.0 Å². The molecule has 0 unspecified atom stereocenters. The maximum Gasteiger partial charge on any atom is 0.0714 e. The molecular formula is C129H79N3S3. The second-order valence-electron chi connectivity index (χ2n) is 34.9. The first kappa shape index (κ1) is 79.3. The largest absolute Gasteiger partial charge is 0.256 e. The van der Waals surface area contributed by atoms with Crippen LogP contribution in [0.4, 0.5) is 0 Å². The van der Waals surface area contributed by atoms with Crippen molar-refractivity contribution >= 4 is 191 Å². The van der Waals surface area contributed by atoms with Crippen molar-refractivity contribution in [1.82, 2.24) is 15.0 Å². The second kappa shape index (κ2) is 33.3. The van der Waals surface area contributed by atoms with Gasteiger partial charge < -0.3 is 0 Å². The van der Waals surface area contributed by atoms with E-state index in [9.17, 15) is 0 Å². The number of hydrogen-bond donors (Lipinski definition) is 0. The number of nitrogens with zero attached hydrogens (tertiary/aromatic N) is 3. The van der Waals surface area contributed by atoms with Crippen molar-refractivity contribution < 1.29 is 0 Å². The number of thiophene rings is 3. The predicted molar refractivity (Wildman–Crippen MR) is 583 cm³/mol. The van der Waals surface area contributed by atoms with E-state index in [1.807, 2.05) is 46.4 Å². The summed E-state index contributed by atoms with van der Waals surface area (Å²) in [5.74, 6) is 0. The van der Waals surface area contributed by atoms with E-state index in [-0.39, 0.29) is 0 Å². The van der Waals surface area contributed by atoms with Crippen LogP contribution in [0.5, 0.6) is 0 Å². The van der Waals surface area contributed by atoms with Crippen LogP contribution in [0.1, 0.15) is 0 Å². The topological polar surface area (TPSA) is 38.7 Å². The molecule has 28 rings (SSSR count). The lowest BCUT2D eigenvalue weighted by molar-refractivity contribution is 1.34. The summed E-state index contributed by atoms with van der Waals surface area (Å²) in [4.78, 5) is 15.3. The smallest absolute Gasteiger partial charge is 0.0714 e. The maximum atomic E-state index is 5.15. The zero-order chi connectivity index (χ0) is 89.0. The van der Waals surface area contributed by atoms with Gasteiger partial charge in [-0.05, 0) is 207 Å². The van der Waals surface area contributed by atoms with E-state index in [0.717, 1.165) is 39.3 Å². The van der Waals surface area contributed by atoms with E-state index in [1.165, 1.54) is 230 Å². The first-order chi connectivity index (χ1) is 67.0.